The van der Waals surface area contributed by atoms with Crippen LogP contribution < -0.4 is 16.0 Å². The summed E-state index contributed by atoms with van der Waals surface area (Å²) >= 11 is 0. The Bertz CT molecular complexity index is 1490. The van der Waals surface area contributed by atoms with Gasteiger partial charge < -0.3 is 20.9 Å². The monoisotopic (exact) mass is 752 g/mol. The minimum absolute atomic E-state index is 0.0208. The van der Waals surface area contributed by atoms with Crippen LogP contribution in [-0.4, -0.2) is 94.3 Å². The summed E-state index contributed by atoms with van der Waals surface area (Å²) in [4.78, 5) is 87.9. The van der Waals surface area contributed by atoms with Gasteiger partial charge in [0.1, 0.15) is 6.04 Å². The minimum Gasteiger partial charge on any atom is -0.347 e. The Morgan fingerprint density at radius 1 is 0.815 bits per heavy atom. The summed E-state index contributed by atoms with van der Waals surface area (Å²) in [6.07, 6.45) is 12.0. The van der Waals surface area contributed by atoms with E-state index in [0.29, 0.717) is 25.8 Å². The van der Waals surface area contributed by atoms with E-state index in [1.165, 1.54) is 0 Å². The van der Waals surface area contributed by atoms with Crippen molar-refractivity contribution in [1.29, 1.82) is 0 Å². The van der Waals surface area contributed by atoms with Gasteiger partial charge in [-0.15, -0.1) is 0 Å². The lowest BCUT2D eigenvalue weighted by atomic mass is 9.73. The number of nitrogens with one attached hydrogen (secondary N) is 3. The fourth-order valence-corrected chi connectivity index (χ4v) is 11.3. The van der Waals surface area contributed by atoms with Gasteiger partial charge in [-0.05, 0) is 93.8 Å². The second kappa shape index (κ2) is 15.3. The zero-order chi connectivity index (χ0) is 39.4. The molecule has 54 heavy (non-hydrogen) atoms. The van der Waals surface area contributed by atoms with Crippen molar-refractivity contribution in [2.45, 2.75) is 188 Å². The van der Waals surface area contributed by atoms with E-state index < -0.39 is 47.1 Å². The summed E-state index contributed by atoms with van der Waals surface area (Å²) in [5, 5.41) is 8.93. The van der Waals surface area contributed by atoms with Crippen LogP contribution in [0.5, 0.6) is 0 Å². The summed E-state index contributed by atoms with van der Waals surface area (Å²) in [6, 6.07) is -2.42. The number of rotatable bonds is 15. The molecule has 2 heterocycles. The van der Waals surface area contributed by atoms with Crippen LogP contribution in [0.3, 0.4) is 0 Å². The largest absolute Gasteiger partial charge is 0.347 e. The highest BCUT2D eigenvalue weighted by Gasteiger charge is 2.85. The lowest BCUT2D eigenvalue weighted by Gasteiger charge is -2.43. The fourth-order valence-electron chi connectivity index (χ4n) is 11.3. The summed E-state index contributed by atoms with van der Waals surface area (Å²) < 4.78 is 0. The van der Waals surface area contributed by atoms with Gasteiger partial charge in [0, 0.05) is 42.9 Å². The molecule has 11 heteroatoms. The molecule has 2 spiro atoms. The molecule has 0 aromatic carbocycles. The van der Waals surface area contributed by atoms with Gasteiger partial charge in [-0.1, -0.05) is 73.6 Å². The summed E-state index contributed by atoms with van der Waals surface area (Å²) in [5.41, 5.74) is -0.851. The van der Waals surface area contributed by atoms with E-state index in [-0.39, 0.29) is 64.3 Å². The van der Waals surface area contributed by atoms with Crippen LogP contribution >= 0.6 is 0 Å². The zero-order valence-corrected chi connectivity index (χ0v) is 34.5. The van der Waals surface area contributed by atoms with Crippen LogP contribution in [0.1, 0.15) is 152 Å². The molecule has 4 saturated carbocycles. The minimum atomic E-state index is -0.971. The van der Waals surface area contributed by atoms with Crippen molar-refractivity contribution in [3.8, 4) is 0 Å². The van der Waals surface area contributed by atoms with Gasteiger partial charge in [-0.3, -0.25) is 33.7 Å². The van der Waals surface area contributed by atoms with E-state index in [2.05, 4.69) is 48.5 Å². The molecule has 6 fully saturated rings. The average molecular weight is 752 g/mol. The Labute approximate surface area is 323 Å². The molecule has 2 aliphatic heterocycles. The van der Waals surface area contributed by atoms with Crippen molar-refractivity contribution in [3.05, 3.63) is 0 Å². The molecule has 302 valence electrons. The predicted octanol–water partition coefficient (Wildman–Crippen LogP) is 5.09. The number of ketones is 2. The normalized spacial score (nSPS) is 29.2. The quantitative estimate of drug-likeness (QED) is 0.198. The van der Waals surface area contributed by atoms with Crippen LogP contribution in [0.2, 0.25) is 0 Å². The highest BCUT2D eigenvalue weighted by Crippen LogP contribution is 2.88. The molecular weight excluding hydrogens is 683 g/mol. The van der Waals surface area contributed by atoms with Crippen LogP contribution in [0.4, 0.5) is 0 Å². The second-order valence-electron chi connectivity index (χ2n) is 19.9. The second-order valence-corrected chi connectivity index (χ2v) is 19.9. The number of amides is 4. The molecule has 2 saturated heterocycles. The Hall–Kier alpha value is -2.82. The van der Waals surface area contributed by atoms with E-state index in [0.717, 1.165) is 77.2 Å². The smallest absolute Gasteiger partial charge is 0.289 e. The molecule has 11 nitrogen and oxygen atoms in total. The van der Waals surface area contributed by atoms with Crippen LogP contribution in [0, 0.1) is 33.5 Å². The van der Waals surface area contributed by atoms with Gasteiger partial charge in [0.25, 0.3) is 5.91 Å². The maximum absolute atomic E-state index is 15.1. The maximum atomic E-state index is 15.1. The zero-order valence-electron chi connectivity index (χ0n) is 34.5. The number of hydrogen-bond donors (Lipinski definition) is 3. The van der Waals surface area contributed by atoms with Gasteiger partial charge >= 0.3 is 0 Å². The van der Waals surface area contributed by atoms with E-state index in [9.17, 15) is 24.0 Å². The topological polar surface area (TPSA) is 145 Å². The van der Waals surface area contributed by atoms with Gasteiger partial charge in [-0.25, -0.2) is 0 Å². The number of carbonyl (C=O) groups excluding carboxylic acids is 6. The molecule has 4 amide bonds. The average Bonchev–Trinajstić information content (AvgIpc) is 3.89. The number of nitrogens with zero attached hydrogens (tertiary/aromatic N) is 2. The molecule has 0 radical (unpaired) electrons. The standard InChI is InChI=1S/C43H69N5O6/c1-9-14-30(35(50)38(53)44-28-17-18-28)45-37(52)32-24-43(41(7,8)42(43)20-13-21-42)25-48(32)39(54)29(40(4,5)6)23-33(49)34(27-15-11-10-12-16-27)46-36(51)31-19-22-47(31)26(2)3/h26-32,34H,9-25H2,1-8H3,(H,44,53)(H,45,52)(H,46,51)/t29-,30+,31+,32+,34+,43-/m1/s1. The third-order valence-electron chi connectivity index (χ3n) is 15.3. The molecule has 0 bridgehead atoms. The van der Waals surface area contributed by atoms with Gasteiger partial charge in [0.2, 0.25) is 23.5 Å². The number of likely N-dealkylation sites (tertiary alicyclic amines) is 2. The summed E-state index contributed by atoms with van der Waals surface area (Å²) in [7, 11) is 0. The van der Waals surface area contributed by atoms with E-state index >= 15 is 4.79 Å². The van der Waals surface area contributed by atoms with E-state index in [4.69, 9.17) is 0 Å². The van der Waals surface area contributed by atoms with Crippen LogP contribution in [0.15, 0.2) is 0 Å². The Balaban J connectivity index is 1.25. The SMILES string of the molecule is CCC[C@H](NC(=O)[C@@H]1C[C@@]2(CN1C(=O)[C@@H](CC(=O)[C@@H](NC(=O)[C@@H]1CCN1C(C)C)C1CCCCC1)C(C)(C)C)C(C)(C)C21CCC1)C(=O)C(=O)NC1CC1. The number of carbonyl (C=O) groups is 6. The lowest BCUT2D eigenvalue weighted by Crippen LogP contribution is -2.61. The van der Waals surface area contributed by atoms with Crippen molar-refractivity contribution in [1.82, 2.24) is 25.8 Å². The third kappa shape index (κ3) is 7.29. The van der Waals surface area contributed by atoms with Crippen molar-refractivity contribution in [3.63, 3.8) is 0 Å². The molecule has 4 aliphatic carbocycles. The number of Topliss-reactive ketones (excluding diaryl/α,β-unsaturated/α-hetero) is 2. The molecule has 6 rings (SSSR count). The van der Waals surface area contributed by atoms with Crippen molar-refractivity contribution in [2.24, 2.45) is 33.5 Å². The number of fused-ring (bicyclic) bond motifs is 1. The van der Waals surface area contributed by atoms with Crippen LogP contribution in [0.25, 0.3) is 0 Å². The first-order valence-corrected chi connectivity index (χ1v) is 21.4. The molecule has 0 aromatic rings. The van der Waals surface area contributed by atoms with Crippen molar-refractivity contribution in [2.75, 3.05) is 13.1 Å². The third-order valence-corrected chi connectivity index (χ3v) is 15.3. The first kappa shape index (κ1) is 40.8. The lowest BCUT2D eigenvalue weighted by molar-refractivity contribution is -0.147. The summed E-state index contributed by atoms with van der Waals surface area (Å²) in [6.45, 7) is 17.9. The molecule has 0 aromatic heterocycles. The van der Waals surface area contributed by atoms with Gasteiger partial charge in [0.05, 0.1) is 18.1 Å². The van der Waals surface area contributed by atoms with Gasteiger partial charge in [0.15, 0.2) is 5.78 Å². The van der Waals surface area contributed by atoms with E-state index in [1.807, 2.05) is 27.7 Å². The Kier molecular flexibility index (Phi) is 11.5. The molecule has 6 atom stereocenters. The fraction of sp³-hybridized carbons (Fsp3) is 0.860. The van der Waals surface area contributed by atoms with Crippen molar-refractivity contribution >= 4 is 35.2 Å². The molecular formula is C43H69N5O6. The van der Waals surface area contributed by atoms with Crippen molar-refractivity contribution < 1.29 is 28.8 Å². The Morgan fingerprint density at radius 2 is 1.46 bits per heavy atom. The maximum Gasteiger partial charge on any atom is 0.289 e. The Morgan fingerprint density at radius 3 is 1.96 bits per heavy atom. The van der Waals surface area contributed by atoms with E-state index in [1.54, 1.807) is 4.90 Å². The van der Waals surface area contributed by atoms with Gasteiger partial charge in [-0.2, -0.15) is 0 Å². The molecule has 6 aliphatic rings. The van der Waals surface area contributed by atoms with Crippen LogP contribution in [-0.2, 0) is 28.8 Å². The highest BCUT2D eigenvalue weighted by molar-refractivity contribution is 6.38. The molecule has 3 N–H and O–H groups in total. The highest BCUT2D eigenvalue weighted by atomic mass is 16.2. The predicted molar refractivity (Wildman–Crippen MR) is 207 cm³/mol. The molecule has 0 unspecified atom stereocenters. The summed E-state index contributed by atoms with van der Waals surface area (Å²) in [5.74, 6) is -2.81. The number of hydrogen-bond acceptors (Lipinski definition) is 7. The first-order chi connectivity index (χ1) is 25.4. The first-order valence-electron chi connectivity index (χ1n) is 21.4.